The Morgan fingerprint density at radius 2 is 1.58 bits per heavy atom. The lowest BCUT2D eigenvalue weighted by atomic mass is 9.98. The van der Waals surface area contributed by atoms with Crippen molar-refractivity contribution in [1.29, 1.82) is 0 Å². The van der Waals surface area contributed by atoms with E-state index in [-0.39, 0.29) is 5.56 Å². The van der Waals surface area contributed by atoms with Gasteiger partial charge in [0.2, 0.25) is 0 Å². The first-order chi connectivity index (χ1) is 10.9. The Hall–Kier alpha value is -2.59. The molecule has 24 heavy (non-hydrogen) atoms. The van der Waals surface area contributed by atoms with Crippen molar-refractivity contribution in [2.75, 3.05) is 7.11 Å². The summed E-state index contributed by atoms with van der Waals surface area (Å²) in [4.78, 5) is 25.3. The molecule has 0 spiro atoms. The van der Waals surface area contributed by atoms with E-state index in [2.05, 4.69) is 4.99 Å². The monoisotopic (exact) mass is 354 g/mol. The van der Waals surface area contributed by atoms with Crippen molar-refractivity contribution in [2.45, 2.75) is 17.8 Å². The molecule has 2 amide bonds. The number of nitrogens with zero attached hydrogens (tertiary/aromatic N) is 1. The van der Waals surface area contributed by atoms with Crippen LogP contribution >= 0.6 is 0 Å². The summed E-state index contributed by atoms with van der Waals surface area (Å²) in [5.41, 5.74) is -0.311. The summed E-state index contributed by atoms with van der Waals surface area (Å²) in [5.74, 6) is -23.2. The molecule has 1 heterocycles. The fraction of sp³-hybridized carbons (Fsp3) is 0.308. The van der Waals surface area contributed by atoms with Crippen molar-refractivity contribution in [3.05, 3.63) is 29.8 Å². The number of aliphatic imine (C=N–C) groups is 1. The highest BCUT2D eigenvalue weighted by Crippen LogP contribution is 2.48. The highest BCUT2D eigenvalue weighted by molar-refractivity contribution is 6.14. The van der Waals surface area contributed by atoms with Crippen LogP contribution in [-0.4, -0.2) is 42.5 Å². The number of benzene rings is 1. The highest BCUT2D eigenvalue weighted by atomic mass is 19.3. The van der Waals surface area contributed by atoms with Crippen LogP contribution in [0.5, 0.6) is 5.75 Å². The topological polar surface area (TPSA) is 67.8 Å². The van der Waals surface area contributed by atoms with Gasteiger partial charge in [0.15, 0.2) is 5.84 Å². The van der Waals surface area contributed by atoms with E-state index in [4.69, 9.17) is 4.74 Å². The number of ether oxygens (including phenoxy) is 1. The molecule has 5 nitrogen and oxygen atoms in total. The summed E-state index contributed by atoms with van der Waals surface area (Å²) in [6, 6.07) is 4.68. The number of carbonyl (C=O) groups excluding carboxylic acids is 2. The van der Waals surface area contributed by atoms with Gasteiger partial charge in [-0.05, 0) is 24.3 Å². The van der Waals surface area contributed by atoms with E-state index in [9.17, 15) is 35.9 Å². The second-order valence-corrected chi connectivity index (χ2v) is 4.67. The summed E-state index contributed by atoms with van der Waals surface area (Å²) in [6.45, 7) is 0. The molecule has 2 rings (SSSR count). The minimum atomic E-state index is -6.04. The van der Waals surface area contributed by atoms with Crippen molar-refractivity contribution in [1.82, 2.24) is 5.32 Å². The molecule has 130 valence electrons. The second kappa shape index (κ2) is 5.49. The first kappa shape index (κ1) is 17.8. The lowest BCUT2D eigenvalue weighted by Gasteiger charge is -2.36. The molecule has 0 radical (unpaired) electrons. The van der Waals surface area contributed by atoms with E-state index in [1.807, 2.05) is 0 Å². The van der Waals surface area contributed by atoms with Crippen LogP contribution in [0.15, 0.2) is 29.3 Å². The molecule has 0 atom stereocenters. The van der Waals surface area contributed by atoms with Crippen LogP contribution in [0.25, 0.3) is 0 Å². The molecule has 1 saturated heterocycles. The predicted molar refractivity (Wildman–Crippen MR) is 67.7 cm³/mol. The van der Waals surface area contributed by atoms with Gasteiger partial charge in [0.05, 0.1) is 7.11 Å². The standard InChI is InChI=1S/C13H8F6N2O3/c1-24-7-4-2-6(3-5-7)8(22)20-9-11(14,15)13(18,19)12(16,17)10(23)21-9/h2-5H,1H3,(H,20,21,22,23). The Morgan fingerprint density at radius 1 is 1.04 bits per heavy atom. The van der Waals surface area contributed by atoms with Crippen molar-refractivity contribution < 1.29 is 40.7 Å². The summed E-state index contributed by atoms with van der Waals surface area (Å²) >= 11 is 0. The largest absolute Gasteiger partial charge is 0.497 e. The van der Waals surface area contributed by atoms with Crippen LogP contribution in [0.3, 0.4) is 0 Å². The summed E-state index contributed by atoms with van der Waals surface area (Å²) in [6.07, 6.45) is 0. The Morgan fingerprint density at radius 3 is 2.08 bits per heavy atom. The minimum Gasteiger partial charge on any atom is -0.497 e. The van der Waals surface area contributed by atoms with Crippen LogP contribution in [0.1, 0.15) is 10.4 Å². The first-order valence-corrected chi connectivity index (χ1v) is 6.17. The van der Waals surface area contributed by atoms with Gasteiger partial charge in [-0.2, -0.15) is 31.3 Å². The maximum absolute atomic E-state index is 13.6. The van der Waals surface area contributed by atoms with E-state index in [0.717, 1.165) is 17.4 Å². The van der Waals surface area contributed by atoms with Crippen molar-refractivity contribution in [3.8, 4) is 5.75 Å². The molecule has 0 aromatic heterocycles. The number of carbonyl (C=O) groups is 2. The Balaban J connectivity index is 2.41. The van der Waals surface area contributed by atoms with Crippen LogP contribution < -0.4 is 10.1 Å². The van der Waals surface area contributed by atoms with Gasteiger partial charge in [0.1, 0.15) is 5.75 Å². The van der Waals surface area contributed by atoms with Crippen LogP contribution in [-0.2, 0) is 4.79 Å². The van der Waals surface area contributed by atoms with Crippen molar-refractivity contribution in [3.63, 3.8) is 0 Å². The smallest absolute Gasteiger partial charge is 0.393 e. The van der Waals surface area contributed by atoms with E-state index in [0.29, 0.717) is 5.75 Å². The van der Waals surface area contributed by atoms with Crippen LogP contribution in [0, 0.1) is 0 Å². The van der Waals surface area contributed by atoms with Gasteiger partial charge in [0, 0.05) is 5.56 Å². The zero-order valence-electron chi connectivity index (χ0n) is 11.7. The third-order valence-electron chi connectivity index (χ3n) is 3.15. The lowest BCUT2D eigenvalue weighted by Crippen LogP contribution is -2.72. The Bertz CT molecular complexity index is 715. The van der Waals surface area contributed by atoms with Crippen LogP contribution in [0.4, 0.5) is 26.3 Å². The fourth-order valence-electron chi connectivity index (χ4n) is 1.75. The number of piperidine rings is 1. The average Bonchev–Trinajstić information content (AvgIpc) is 2.52. The number of rotatable bonds is 2. The van der Waals surface area contributed by atoms with Gasteiger partial charge in [-0.3, -0.25) is 9.59 Å². The number of methoxy groups -OCH3 is 1. The molecule has 1 aliphatic heterocycles. The molecule has 11 heteroatoms. The number of hydrogen-bond acceptors (Lipinski definition) is 3. The molecule has 1 aromatic rings. The molecule has 1 aromatic carbocycles. The van der Waals surface area contributed by atoms with Gasteiger partial charge in [-0.1, -0.05) is 0 Å². The van der Waals surface area contributed by atoms with Crippen molar-refractivity contribution >= 4 is 17.6 Å². The van der Waals surface area contributed by atoms with E-state index < -0.39 is 35.4 Å². The average molecular weight is 354 g/mol. The minimum absolute atomic E-state index is 0.307. The second-order valence-electron chi connectivity index (χ2n) is 4.67. The van der Waals surface area contributed by atoms with Gasteiger partial charge in [-0.25, -0.2) is 0 Å². The normalized spacial score (nSPS) is 22.8. The lowest BCUT2D eigenvalue weighted by molar-refractivity contribution is -0.280. The number of hydrogen-bond donors (Lipinski definition) is 1. The molecule has 0 aliphatic carbocycles. The van der Waals surface area contributed by atoms with Crippen LogP contribution in [0.2, 0.25) is 0 Å². The molecule has 0 saturated carbocycles. The number of nitrogens with one attached hydrogen (secondary N) is 1. The van der Waals surface area contributed by atoms with E-state index in [1.165, 1.54) is 19.2 Å². The first-order valence-electron chi connectivity index (χ1n) is 6.17. The van der Waals surface area contributed by atoms with Gasteiger partial charge < -0.3 is 10.1 Å². The quantitative estimate of drug-likeness (QED) is 0.829. The Labute approximate surface area is 130 Å². The predicted octanol–water partition coefficient (Wildman–Crippen LogP) is 2.27. The molecule has 1 N–H and O–H groups in total. The van der Waals surface area contributed by atoms with E-state index in [1.54, 1.807) is 0 Å². The number of amidine groups is 1. The molecule has 1 fully saturated rings. The maximum Gasteiger partial charge on any atom is 0.393 e. The number of amides is 2. The SMILES string of the molecule is COc1ccc(C(=O)N=C2NC(=O)C(F)(F)C(F)(F)C2(F)F)cc1. The van der Waals surface area contributed by atoms with Gasteiger partial charge >= 0.3 is 23.7 Å². The summed E-state index contributed by atoms with van der Waals surface area (Å²) < 4.78 is 84.4. The molecule has 0 bridgehead atoms. The van der Waals surface area contributed by atoms with Gasteiger partial charge in [-0.15, -0.1) is 0 Å². The third kappa shape index (κ3) is 2.49. The maximum atomic E-state index is 13.6. The summed E-state index contributed by atoms with van der Waals surface area (Å²) in [7, 11) is 1.32. The molecular weight excluding hydrogens is 346 g/mol. The third-order valence-corrected chi connectivity index (χ3v) is 3.15. The Kier molecular flexibility index (Phi) is 4.07. The van der Waals surface area contributed by atoms with Crippen molar-refractivity contribution in [2.24, 2.45) is 4.99 Å². The van der Waals surface area contributed by atoms with E-state index >= 15 is 0 Å². The van der Waals surface area contributed by atoms with Gasteiger partial charge in [0.25, 0.3) is 5.91 Å². The zero-order valence-corrected chi connectivity index (χ0v) is 11.7. The number of alkyl halides is 6. The fourth-order valence-corrected chi connectivity index (χ4v) is 1.75. The number of halogens is 6. The molecule has 0 unspecified atom stereocenters. The zero-order chi connectivity index (χ0) is 18.3. The highest BCUT2D eigenvalue weighted by Gasteiger charge is 2.80. The molecular formula is C13H8F6N2O3. The molecule has 1 aliphatic rings. The summed E-state index contributed by atoms with van der Waals surface area (Å²) in [5, 5.41) is 0.861.